The number of carbonyl (C=O) groups excluding carboxylic acids is 9. The summed E-state index contributed by atoms with van der Waals surface area (Å²) in [6, 6.07) is 0. The summed E-state index contributed by atoms with van der Waals surface area (Å²) in [7, 11) is 0. The molecule has 12 fully saturated rings. The van der Waals surface area contributed by atoms with Gasteiger partial charge in [-0.25, -0.2) is 43.2 Å². The average molecular weight is 1770 g/mol. The Morgan fingerprint density at radius 3 is 0.548 bits per heavy atom. The van der Waals surface area contributed by atoms with Gasteiger partial charge in [-0.2, -0.15) is 0 Å². The Morgan fingerprint density at radius 1 is 0.226 bits per heavy atom. The van der Waals surface area contributed by atoms with Crippen molar-refractivity contribution in [1.29, 1.82) is 0 Å². The van der Waals surface area contributed by atoms with Gasteiger partial charge in [0.05, 0.1) is 105 Å². The smallest absolute Gasteiger partial charge is 0.331 e. The Bertz CT molecular complexity index is 3760. The molecule has 46 nitrogen and oxygen atoms in total. The van der Waals surface area contributed by atoms with Crippen LogP contribution in [-0.4, -0.2) is 365 Å². The largest absolute Gasteiger partial charge is 0.509 e. The third-order valence-electron chi connectivity index (χ3n) is 18.1. The normalized spacial score (nSPS) is 31.4. The van der Waals surface area contributed by atoms with Crippen molar-refractivity contribution in [3.63, 3.8) is 0 Å². The zero-order valence-corrected chi connectivity index (χ0v) is 65.0. The van der Waals surface area contributed by atoms with Gasteiger partial charge in [-0.15, -0.1) is 0 Å². The Kier molecular flexibility index (Phi) is 40.5. The number of aliphatic carboxylic acids is 4. The first-order chi connectivity index (χ1) is 58.3. The van der Waals surface area contributed by atoms with Gasteiger partial charge in [-0.3, -0.25) is 19.2 Å². The molecule has 0 bridgehead atoms. The molecule has 12 aliphatic heterocycles. The van der Waals surface area contributed by atoms with E-state index in [1.54, 1.807) is 0 Å². The fourth-order valence-electron chi connectivity index (χ4n) is 12.8. The van der Waals surface area contributed by atoms with E-state index in [4.69, 9.17) is 145 Å². The number of rotatable bonds is 29. The average Bonchev–Trinajstić information content (AvgIpc) is 1.81. The van der Waals surface area contributed by atoms with Crippen LogP contribution in [0.3, 0.4) is 0 Å². The molecule has 0 radical (unpaired) electrons. The van der Waals surface area contributed by atoms with Crippen molar-refractivity contribution in [2.75, 3.05) is 79.3 Å². The van der Waals surface area contributed by atoms with Crippen LogP contribution in [0.15, 0.2) is 147 Å². The Labute approximate surface area is 704 Å². The number of carboxylic acids is 4. The van der Waals surface area contributed by atoms with Gasteiger partial charge in [-0.1, -0.05) is 40.3 Å². The molecule has 0 aromatic heterocycles. The van der Waals surface area contributed by atoms with Crippen LogP contribution >= 0.6 is 0 Å². The van der Waals surface area contributed by atoms with E-state index in [0.29, 0.717) is 12.2 Å². The lowest BCUT2D eigenvalue weighted by atomic mass is 10.1. The molecule has 0 aliphatic carbocycles. The molecule has 684 valence electrons. The number of fused-ring (bicyclic) bond motifs is 6. The van der Waals surface area contributed by atoms with Gasteiger partial charge in [0.1, 0.15) is 120 Å². The van der Waals surface area contributed by atoms with E-state index < -0.39 is 224 Å². The van der Waals surface area contributed by atoms with Crippen molar-refractivity contribution in [3.8, 4) is 0 Å². The van der Waals surface area contributed by atoms with Gasteiger partial charge < -0.3 is 161 Å². The number of aliphatic hydroxyl groups excluding tert-OH is 8. The van der Waals surface area contributed by atoms with Crippen molar-refractivity contribution in [2.24, 2.45) is 0 Å². The van der Waals surface area contributed by atoms with Gasteiger partial charge in [-0.05, 0) is 30.4 Å². The van der Waals surface area contributed by atoms with E-state index in [2.05, 4.69) is 32.9 Å². The van der Waals surface area contributed by atoms with Gasteiger partial charge >= 0.3 is 77.6 Å². The summed E-state index contributed by atoms with van der Waals surface area (Å²) in [6.07, 6.45) is -1.29. The summed E-state index contributed by atoms with van der Waals surface area (Å²) < 4.78 is 110. The standard InChI is InChI=1S/C15H18O9.2C15H16O9.2C11H14O6.C10H14O7.CH4/c3*1-8(16)2-4-12(19)23-9-6-21-15-10(7-22-14(9)15)24-13(20)5-3-11(17)18;2*1-6(12)2-3-9(14)17-8-5-16-10-7(13)4-15-11(8)10;11-5-3-15-10-6(4-16-9(5)10)17-8(14)2-1-7(12)13;/h2,4,9-10,14-16H,1,3,5-7H2,(H,17,18);2*2-5,9-10,14-16H,1,6-7H2,(H,17,18);2*2-3,7-8,10-13H,1,4-5H2;5-6,9-11H,1-4H2,(H,12,13);1H4/b4-2-;4-2-,5-3+;4-2-,5-3-;2*3-2-;;/t3*9-,10-,14+,15+;2*7-,8-,10+,11+;5-,6-,9+,10+;/m000000./s1. The summed E-state index contributed by atoms with van der Waals surface area (Å²) in [5, 5.41) is 106. The number of carbonyl (C=O) groups is 13. The molecule has 12 aliphatic rings. The zero-order chi connectivity index (χ0) is 90.3. The highest BCUT2D eigenvalue weighted by Crippen LogP contribution is 2.36. The molecule has 124 heavy (non-hydrogen) atoms. The van der Waals surface area contributed by atoms with Gasteiger partial charge in [0.15, 0.2) is 54.9 Å². The van der Waals surface area contributed by atoms with E-state index in [1.807, 2.05) is 0 Å². The molecule has 12 heterocycles. The summed E-state index contributed by atoms with van der Waals surface area (Å²) in [4.78, 5) is 145. The molecular formula is C78H96O46. The molecule has 0 aromatic rings. The molecule has 12 rings (SSSR count). The first-order valence-corrected chi connectivity index (χ1v) is 37.1. The number of allylic oxidation sites excluding steroid dienone is 5. The molecule has 0 unspecified atom stereocenters. The zero-order valence-electron chi connectivity index (χ0n) is 65.0. The number of hydrogen-bond acceptors (Lipinski definition) is 42. The van der Waals surface area contributed by atoms with Crippen LogP contribution in [0, 0.1) is 0 Å². The second kappa shape index (κ2) is 49.6. The molecule has 46 heteroatoms. The molecular weight excluding hydrogens is 1670 g/mol. The minimum absolute atomic E-state index is 0. The Hall–Kier alpha value is -11.6. The molecule has 12 saturated heterocycles. The summed E-state index contributed by atoms with van der Waals surface area (Å²) in [5.41, 5.74) is 0. The topological polar surface area (TPSA) is 659 Å². The lowest BCUT2D eigenvalue weighted by Crippen LogP contribution is -2.35. The van der Waals surface area contributed by atoms with Crippen molar-refractivity contribution in [2.45, 2.75) is 180 Å². The second-order valence-corrected chi connectivity index (χ2v) is 27.4. The quantitative estimate of drug-likeness (QED) is 0.0137. The minimum Gasteiger partial charge on any atom is -0.509 e. The molecule has 24 atom stereocenters. The molecule has 0 amide bonds. The van der Waals surface area contributed by atoms with E-state index in [-0.39, 0.29) is 141 Å². The van der Waals surface area contributed by atoms with Crippen LogP contribution in [0.5, 0.6) is 0 Å². The highest BCUT2D eigenvalue weighted by Gasteiger charge is 2.55. The lowest BCUT2D eigenvalue weighted by molar-refractivity contribution is -0.156. The Balaban J connectivity index is 0.000000231. The van der Waals surface area contributed by atoms with Crippen molar-refractivity contribution >= 4 is 77.6 Å². The van der Waals surface area contributed by atoms with E-state index in [9.17, 15) is 77.6 Å². The van der Waals surface area contributed by atoms with Crippen LogP contribution < -0.4 is 0 Å². The van der Waals surface area contributed by atoms with Crippen molar-refractivity contribution in [3.05, 3.63) is 147 Å². The van der Waals surface area contributed by atoms with Crippen LogP contribution in [0.1, 0.15) is 33.1 Å². The van der Waals surface area contributed by atoms with Crippen LogP contribution in [0.4, 0.5) is 0 Å². The predicted octanol–water partition coefficient (Wildman–Crippen LogP) is -1.22. The second-order valence-electron chi connectivity index (χ2n) is 27.4. The summed E-state index contributed by atoms with van der Waals surface area (Å²) >= 11 is 0. The van der Waals surface area contributed by atoms with Crippen LogP contribution in [0.2, 0.25) is 0 Å². The third-order valence-corrected chi connectivity index (χ3v) is 18.1. The van der Waals surface area contributed by atoms with Crippen LogP contribution in [0.25, 0.3) is 0 Å². The fraction of sp³-hybridized carbons (Fsp3) is 0.526. The van der Waals surface area contributed by atoms with Crippen molar-refractivity contribution < 1.29 is 223 Å². The number of ether oxygens (including phenoxy) is 21. The maximum absolute atomic E-state index is 11.6. The number of carboxylic acid groups (broad SMARTS) is 4. The summed E-state index contributed by atoms with van der Waals surface area (Å²) in [6.45, 7) is 17.5. The molecule has 0 aromatic carbocycles. The molecule has 0 saturated carbocycles. The van der Waals surface area contributed by atoms with Gasteiger partial charge in [0.25, 0.3) is 0 Å². The van der Waals surface area contributed by atoms with Gasteiger partial charge in [0, 0.05) is 54.7 Å². The van der Waals surface area contributed by atoms with Crippen LogP contribution in [-0.2, 0) is 162 Å². The van der Waals surface area contributed by atoms with Crippen molar-refractivity contribution in [1.82, 2.24) is 0 Å². The monoisotopic (exact) mass is 1770 g/mol. The highest BCUT2D eigenvalue weighted by molar-refractivity contribution is 5.92. The number of hydrogen-bond donors (Lipinski definition) is 12. The number of esters is 9. The predicted molar refractivity (Wildman–Crippen MR) is 402 cm³/mol. The Morgan fingerprint density at radius 2 is 0.379 bits per heavy atom. The van der Waals surface area contributed by atoms with Gasteiger partial charge in [0.2, 0.25) is 0 Å². The first-order valence-electron chi connectivity index (χ1n) is 37.1. The number of aliphatic hydroxyl groups is 8. The highest BCUT2D eigenvalue weighted by atomic mass is 16.7. The van der Waals surface area contributed by atoms with E-state index in [1.165, 1.54) is 0 Å². The summed E-state index contributed by atoms with van der Waals surface area (Å²) in [5.74, 6) is -12.2. The maximum Gasteiger partial charge on any atom is 0.331 e. The molecule has 0 spiro atoms. The molecule has 12 N–H and O–H groups in total. The SMILES string of the molecule is C.C=C(O)/C=C\C(=O)O[C@H]1CO[C@H]2[C@@H]1OC[C@@H]2O.C=C(O)/C=C\C(=O)O[C@H]1CO[C@H]2[C@@H]1OC[C@@H]2O.C=C(O)/C=C\C(=O)O[C@H]1CO[C@H]2[C@@H]1OC[C@@H]2OC(=O)/C=C/C(=O)O.C=C(O)/C=C\C(=O)O[C@H]1CO[C@H]2[C@@H]1OC[C@@H]2OC(=O)/C=C\C(=O)O.C=C(O)/C=C\C(=O)O[C@H]1CO[C@H]2[C@@H]1OC[C@@H]2OC(=O)CCC(=O)O.O=C(O)CCC(=O)O[C@H]1CO[C@H]2[C@@H]1OC[C@@H]2O. The van der Waals surface area contributed by atoms with E-state index >= 15 is 0 Å². The fourth-order valence-corrected chi connectivity index (χ4v) is 12.8. The maximum atomic E-state index is 11.6. The lowest BCUT2D eigenvalue weighted by Gasteiger charge is -2.16. The minimum atomic E-state index is -1.27. The third kappa shape index (κ3) is 32.6. The first kappa shape index (κ1) is 101. The van der Waals surface area contributed by atoms with E-state index in [0.717, 1.165) is 72.9 Å².